The van der Waals surface area contributed by atoms with Crippen molar-refractivity contribution in [1.82, 2.24) is 0 Å². The van der Waals surface area contributed by atoms with E-state index in [2.05, 4.69) is 32.9 Å². The highest BCUT2D eigenvalue weighted by molar-refractivity contribution is 6.12. The van der Waals surface area contributed by atoms with Gasteiger partial charge in [-0.3, -0.25) is 14.4 Å². The number of allylic oxidation sites excluding steroid dienone is 2. The first-order valence-corrected chi connectivity index (χ1v) is 28.1. The molecule has 0 aromatic carbocycles. The summed E-state index contributed by atoms with van der Waals surface area (Å²) < 4.78 is 5.83. The van der Waals surface area contributed by atoms with E-state index in [0.717, 1.165) is 70.6 Å². The minimum absolute atomic E-state index is 0.0561. The van der Waals surface area contributed by atoms with Crippen molar-refractivity contribution in [3.8, 4) is 0 Å². The zero-order valence-electron chi connectivity index (χ0n) is 42.5. The van der Waals surface area contributed by atoms with Crippen LogP contribution in [0.3, 0.4) is 0 Å². The van der Waals surface area contributed by atoms with Gasteiger partial charge in [-0.25, -0.2) is 0 Å². The lowest BCUT2D eigenvalue weighted by Gasteiger charge is -2.34. The average molecular weight is 889 g/mol. The Bertz CT molecular complexity index is 976. The molecule has 0 spiro atoms. The molecule has 2 N–H and O–H groups in total. The molecule has 6 nitrogen and oxygen atoms in total. The number of aliphatic hydroxyl groups excluding tert-OH is 2. The van der Waals surface area contributed by atoms with Crippen LogP contribution in [0.2, 0.25) is 0 Å². The van der Waals surface area contributed by atoms with E-state index in [1.54, 1.807) is 0 Å². The summed E-state index contributed by atoms with van der Waals surface area (Å²) in [6, 6.07) is 0. The molecule has 0 aliphatic rings. The predicted octanol–water partition coefficient (Wildman–Crippen LogP) is 17.3. The van der Waals surface area contributed by atoms with Crippen LogP contribution in [0.15, 0.2) is 12.2 Å². The van der Waals surface area contributed by atoms with Crippen molar-refractivity contribution in [1.29, 1.82) is 0 Å². The summed E-state index contributed by atoms with van der Waals surface area (Å²) in [6.45, 7) is 5.97. The van der Waals surface area contributed by atoms with Gasteiger partial charge in [0, 0.05) is 19.3 Å². The van der Waals surface area contributed by atoms with Crippen molar-refractivity contribution >= 4 is 17.5 Å². The van der Waals surface area contributed by atoms with Gasteiger partial charge in [-0.1, -0.05) is 264 Å². The molecule has 63 heavy (non-hydrogen) atoms. The Kier molecular flexibility index (Phi) is 47.2. The van der Waals surface area contributed by atoms with Crippen molar-refractivity contribution in [3.63, 3.8) is 0 Å². The maximum absolute atomic E-state index is 14.0. The van der Waals surface area contributed by atoms with Crippen LogP contribution in [0.5, 0.6) is 0 Å². The highest BCUT2D eigenvalue weighted by Gasteiger charge is 2.53. The topological polar surface area (TPSA) is 101 Å². The van der Waals surface area contributed by atoms with E-state index in [4.69, 9.17) is 4.74 Å². The number of aliphatic hydroxyl groups is 2. The fourth-order valence-electron chi connectivity index (χ4n) is 9.09. The van der Waals surface area contributed by atoms with Crippen LogP contribution in [-0.4, -0.2) is 46.1 Å². The van der Waals surface area contributed by atoms with Crippen LogP contribution in [0, 0.1) is 0 Å². The summed E-state index contributed by atoms with van der Waals surface area (Å²) >= 11 is 0. The number of ether oxygens (including phenoxy) is 1. The van der Waals surface area contributed by atoms with Gasteiger partial charge in [-0.05, 0) is 44.9 Å². The maximum Gasteiger partial charge on any atom is 0.307 e. The third-order valence-electron chi connectivity index (χ3n) is 13.4. The summed E-state index contributed by atoms with van der Waals surface area (Å²) in [6.07, 6.45) is 54.3. The van der Waals surface area contributed by atoms with Gasteiger partial charge >= 0.3 is 5.97 Å². The molecule has 0 saturated carbocycles. The SMILES string of the molecule is CCCCCCCCC=CCCCCCCCC(=O)OC(C(=O)CCCCCCCCCCCCCCCCC)(C(=O)CCCCCCCCCCCCCCCCC)C(O)CO. The van der Waals surface area contributed by atoms with Crippen molar-refractivity contribution in [2.75, 3.05) is 6.61 Å². The second-order valence-corrected chi connectivity index (χ2v) is 19.5. The highest BCUT2D eigenvalue weighted by atomic mass is 16.6. The summed E-state index contributed by atoms with van der Waals surface area (Å²) in [5.41, 5.74) is -2.32. The number of hydrogen-bond acceptors (Lipinski definition) is 6. The third-order valence-corrected chi connectivity index (χ3v) is 13.4. The minimum atomic E-state index is -2.32. The molecule has 0 aliphatic heterocycles. The van der Waals surface area contributed by atoms with Gasteiger partial charge in [0.1, 0.15) is 6.10 Å². The zero-order valence-corrected chi connectivity index (χ0v) is 42.5. The normalized spacial score (nSPS) is 12.4. The molecule has 6 heteroatoms. The van der Waals surface area contributed by atoms with Crippen molar-refractivity contribution < 1.29 is 29.3 Å². The van der Waals surface area contributed by atoms with E-state index in [1.165, 1.54) is 186 Å². The molecule has 0 heterocycles. The van der Waals surface area contributed by atoms with E-state index in [9.17, 15) is 24.6 Å². The van der Waals surface area contributed by atoms with Gasteiger partial charge in [-0.15, -0.1) is 0 Å². The molecule has 0 aromatic heterocycles. The van der Waals surface area contributed by atoms with Crippen LogP contribution in [0.1, 0.15) is 316 Å². The Balaban J connectivity index is 4.87. The van der Waals surface area contributed by atoms with Crippen molar-refractivity contribution in [3.05, 3.63) is 12.2 Å². The third kappa shape index (κ3) is 37.3. The second-order valence-electron chi connectivity index (χ2n) is 19.5. The van der Waals surface area contributed by atoms with Crippen LogP contribution < -0.4 is 0 Å². The summed E-state index contributed by atoms with van der Waals surface area (Å²) in [5.74, 6) is -1.74. The average Bonchev–Trinajstić information content (AvgIpc) is 3.28. The standard InChI is InChI=1S/C57H108O6/c1-4-7-10-13-16-19-22-25-28-31-34-37-40-43-46-49-53(59)57(55(61)52-58,54(60)50-47-44-41-38-35-32-29-26-23-20-17-14-11-8-5-2)63-56(62)51-48-45-42-39-36-33-30-27-24-21-18-15-12-9-6-3/h27,30,55,58,61H,4-26,28-29,31-52H2,1-3H3. The number of rotatable bonds is 52. The van der Waals surface area contributed by atoms with Crippen LogP contribution >= 0.6 is 0 Å². The van der Waals surface area contributed by atoms with Gasteiger partial charge in [-0.2, -0.15) is 0 Å². The largest absolute Gasteiger partial charge is 0.440 e. The molecule has 0 amide bonds. The van der Waals surface area contributed by atoms with Gasteiger partial charge < -0.3 is 14.9 Å². The number of carbonyl (C=O) groups excluding carboxylic acids is 3. The van der Waals surface area contributed by atoms with Gasteiger partial charge in [0.2, 0.25) is 0 Å². The Morgan fingerprint density at radius 2 is 0.619 bits per heavy atom. The molecule has 0 aliphatic carbocycles. The van der Waals surface area contributed by atoms with Gasteiger partial charge in [0.15, 0.2) is 11.6 Å². The number of unbranched alkanes of at least 4 members (excludes halogenated alkanes) is 39. The fraction of sp³-hybridized carbons (Fsp3) is 0.912. The summed E-state index contributed by atoms with van der Waals surface area (Å²) in [5, 5.41) is 21.3. The van der Waals surface area contributed by atoms with E-state index in [1.807, 2.05) is 0 Å². The maximum atomic E-state index is 14.0. The number of ketones is 2. The summed E-state index contributed by atoms with van der Waals surface area (Å²) in [4.78, 5) is 41.3. The van der Waals surface area contributed by atoms with E-state index in [-0.39, 0.29) is 19.3 Å². The molecule has 1 unspecified atom stereocenters. The molecule has 0 fully saturated rings. The van der Waals surface area contributed by atoms with Crippen molar-refractivity contribution in [2.24, 2.45) is 0 Å². The minimum Gasteiger partial charge on any atom is -0.440 e. The molecular formula is C57H108O6. The fourth-order valence-corrected chi connectivity index (χ4v) is 9.09. The van der Waals surface area contributed by atoms with Crippen LogP contribution in [0.25, 0.3) is 0 Å². The first-order chi connectivity index (χ1) is 30.9. The molecule has 0 aromatic rings. The van der Waals surface area contributed by atoms with Gasteiger partial charge in [0.25, 0.3) is 5.60 Å². The lowest BCUT2D eigenvalue weighted by atomic mass is 9.82. The predicted molar refractivity (Wildman–Crippen MR) is 270 cm³/mol. The Morgan fingerprint density at radius 3 is 0.889 bits per heavy atom. The van der Waals surface area contributed by atoms with E-state index >= 15 is 0 Å². The van der Waals surface area contributed by atoms with E-state index < -0.39 is 35.8 Å². The lowest BCUT2D eigenvalue weighted by molar-refractivity contribution is -0.188. The molecule has 1 atom stereocenters. The Morgan fingerprint density at radius 1 is 0.381 bits per heavy atom. The molecular weight excluding hydrogens is 781 g/mol. The first kappa shape index (κ1) is 61.5. The molecule has 372 valence electrons. The van der Waals surface area contributed by atoms with Crippen molar-refractivity contribution in [2.45, 2.75) is 328 Å². The quantitative estimate of drug-likeness (QED) is 0.0273. The Hall–Kier alpha value is -1.53. The highest BCUT2D eigenvalue weighted by Crippen LogP contribution is 2.28. The van der Waals surface area contributed by atoms with Crippen LogP contribution in [0.4, 0.5) is 0 Å². The smallest absolute Gasteiger partial charge is 0.307 e. The molecule has 0 radical (unpaired) electrons. The number of hydrogen-bond donors (Lipinski definition) is 2. The lowest BCUT2D eigenvalue weighted by Crippen LogP contribution is -2.60. The number of Topliss-reactive ketones (excluding diaryl/α,β-unsaturated/α-hetero) is 2. The van der Waals surface area contributed by atoms with Crippen LogP contribution in [-0.2, 0) is 19.1 Å². The second kappa shape index (κ2) is 48.4. The molecule has 0 saturated heterocycles. The zero-order chi connectivity index (χ0) is 46.2. The van der Waals surface area contributed by atoms with Gasteiger partial charge in [0.05, 0.1) is 6.61 Å². The van der Waals surface area contributed by atoms with E-state index in [0.29, 0.717) is 19.3 Å². The molecule has 0 rings (SSSR count). The number of carbonyl (C=O) groups is 3. The number of esters is 1. The summed E-state index contributed by atoms with van der Waals surface area (Å²) in [7, 11) is 0. The molecule has 0 bridgehead atoms. The Labute approximate surface area is 392 Å². The monoisotopic (exact) mass is 889 g/mol. The first-order valence-electron chi connectivity index (χ1n) is 28.1.